The van der Waals surface area contributed by atoms with E-state index in [-0.39, 0.29) is 21.7 Å². The van der Waals surface area contributed by atoms with Gasteiger partial charge in [0.15, 0.2) is 0 Å². The Morgan fingerprint density at radius 1 is 1.38 bits per heavy atom. The van der Waals surface area contributed by atoms with Crippen molar-refractivity contribution in [3.8, 4) is 11.3 Å². The maximum atomic E-state index is 13.6. The Morgan fingerprint density at radius 2 is 2.12 bits per heavy atom. The van der Waals surface area contributed by atoms with Gasteiger partial charge in [0.05, 0.1) is 5.69 Å². The maximum absolute atomic E-state index is 13.6. The first-order valence-corrected chi connectivity index (χ1v) is 4.82. The van der Waals surface area contributed by atoms with Gasteiger partial charge in [0.1, 0.15) is 5.82 Å². The largest absolute Gasteiger partial charge is 0.492 e. The molecule has 82 valence electrons. The van der Waals surface area contributed by atoms with Gasteiger partial charge >= 0.3 is 7.12 Å². The van der Waals surface area contributed by atoms with E-state index in [0.29, 0.717) is 0 Å². The van der Waals surface area contributed by atoms with Crippen LogP contribution in [0, 0.1) is 5.82 Å². The van der Waals surface area contributed by atoms with E-state index in [1.165, 1.54) is 18.3 Å². The average Bonchev–Trinajstić information content (AvgIpc) is 2.66. The highest BCUT2D eigenvalue weighted by molar-refractivity contribution is 6.60. The molecule has 2 rings (SSSR count). The minimum absolute atomic E-state index is 0.112. The number of H-pyrrole nitrogens is 1. The normalized spacial score (nSPS) is 10.5. The molecule has 0 atom stereocenters. The fourth-order valence-electron chi connectivity index (χ4n) is 1.40. The molecular formula is C9H7BClFN2O2. The minimum Gasteiger partial charge on any atom is -0.423 e. The number of nitrogens with zero attached hydrogens (tertiary/aromatic N) is 1. The summed E-state index contributed by atoms with van der Waals surface area (Å²) in [6.45, 7) is 0. The first-order chi connectivity index (χ1) is 7.59. The van der Waals surface area contributed by atoms with Gasteiger partial charge < -0.3 is 10.0 Å². The standard InChI is InChI=1S/C9H7BClFN2O2/c11-5-1-2-6(8(12)3-5)9-7(10(15)16)4-13-14-9/h1-4,15-16H,(H,13,14). The summed E-state index contributed by atoms with van der Waals surface area (Å²) >= 11 is 5.62. The number of hydrogen-bond donors (Lipinski definition) is 3. The molecule has 0 amide bonds. The average molecular weight is 240 g/mol. The van der Waals surface area contributed by atoms with Gasteiger partial charge in [-0.05, 0) is 18.2 Å². The topological polar surface area (TPSA) is 69.1 Å². The first-order valence-electron chi connectivity index (χ1n) is 4.44. The molecule has 0 fully saturated rings. The van der Waals surface area contributed by atoms with Gasteiger partial charge in [-0.1, -0.05) is 11.6 Å². The fraction of sp³-hybridized carbons (Fsp3) is 0. The number of hydrogen-bond acceptors (Lipinski definition) is 3. The van der Waals surface area contributed by atoms with Crippen LogP contribution in [0.1, 0.15) is 0 Å². The van der Waals surface area contributed by atoms with E-state index in [4.69, 9.17) is 21.6 Å². The van der Waals surface area contributed by atoms with Crippen molar-refractivity contribution in [1.82, 2.24) is 10.2 Å². The Hall–Kier alpha value is -1.37. The van der Waals surface area contributed by atoms with Gasteiger partial charge in [-0.2, -0.15) is 5.10 Å². The predicted molar refractivity (Wildman–Crippen MR) is 58.8 cm³/mol. The molecule has 4 nitrogen and oxygen atoms in total. The van der Waals surface area contributed by atoms with Crippen molar-refractivity contribution in [2.24, 2.45) is 0 Å². The van der Waals surface area contributed by atoms with Crippen LogP contribution in [0.5, 0.6) is 0 Å². The number of benzene rings is 1. The zero-order valence-corrected chi connectivity index (χ0v) is 8.74. The lowest BCUT2D eigenvalue weighted by molar-refractivity contribution is 0.426. The van der Waals surface area contributed by atoms with Crippen LogP contribution in [0.15, 0.2) is 24.4 Å². The van der Waals surface area contributed by atoms with Gasteiger partial charge in [-0.25, -0.2) is 4.39 Å². The molecule has 0 aliphatic rings. The molecule has 1 aromatic heterocycles. The Bertz CT molecular complexity index is 518. The van der Waals surface area contributed by atoms with Crippen LogP contribution in [0.4, 0.5) is 4.39 Å². The number of halogens is 2. The summed E-state index contributed by atoms with van der Waals surface area (Å²) in [5.41, 5.74) is 0.524. The van der Waals surface area contributed by atoms with Gasteiger partial charge in [0, 0.05) is 22.2 Å². The van der Waals surface area contributed by atoms with E-state index < -0.39 is 12.9 Å². The molecule has 0 spiro atoms. The van der Waals surface area contributed by atoms with E-state index in [9.17, 15) is 4.39 Å². The highest BCUT2D eigenvalue weighted by Crippen LogP contribution is 2.22. The van der Waals surface area contributed by atoms with Crippen LogP contribution in [-0.2, 0) is 0 Å². The maximum Gasteiger partial charge on any atom is 0.492 e. The summed E-state index contributed by atoms with van der Waals surface area (Å²) in [5, 5.41) is 24.5. The molecule has 16 heavy (non-hydrogen) atoms. The van der Waals surface area contributed by atoms with Crippen molar-refractivity contribution < 1.29 is 14.4 Å². The molecule has 7 heteroatoms. The molecule has 0 aliphatic heterocycles. The van der Waals surface area contributed by atoms with Crippen molar-refractivity contribution in [3.63, 3.8) is 0 Å². The van der Waals surface area contributed by atoms with Crippen molar-refractivity contribution in [2.45, 2.75) is 0 Å². The summed E-state index contributed by atoms with van der Waals surface area (Å²) < 4.78 is 13.6. The van der Waals surface area contributed by atoms with Crippen LogP contribution in [0.2, 0.25) is 5.02 Å². The Kier molecular flexibility index (Phi) is 2.96. The van der Waals surface area contributed by atoms with Crippen molar-refractivity contribution in [2.75, 3.05) is 0 Å². The summed E-state index contributed by atoms with van der Waals surface area (Å²) in [5.74, 6) is -0.557. The van der Waals surface area contributed by atoms with E-state index in [0.717, 1.165) is 6.07 Å². The van der Waals surface area contributed by atoms with E-state index in [1.807, 2.05) is 0 Å². The lowest BCUT2D eigenvalue weighted by atomic mass is 9.79. The second kappa shape index (κ2) is 4.25. The summed E-state index contributed by atoms with van der Waals surface area (Å²) in [6, 6.07) is 4.09. The Labute approximate surface area is 95.8 Å². The van der Waals surface area contributed by atoms with Gasteiger partial charge in [0.25, 0.3) is 0 Å². The molecule has 0 saturated heterocycles. The Morgan fingerprint density at radius 3 is 2.75 bits per heavy atom. The third kappa shape index (κ3) is 1.95. The zero-order chi connectivity index (χ0) is 11.7. The molecule has 0 aliphatic carbocycles. The van der Waals surface area contributed by atoms with Crippen LogP contribution in [0.25, 0.3) is 11.3 Å². The monoisotopic (exact) mass is 240 g/mol. The molecule has 1 aromatic carbocycles. The molecule has 0 bridgehead atoms. The summed E-state index contributed by atoms with van der Waals surface area (Å²) in [4.78, 5) is 0. The van der Waals surface area contributed by atoms with Crippen LogP contribution in [0.3, 0.4) is 0 Å². The highest BCUT2D eigenvalue weighted by Gasteiger charge is 2.20. The molecular weight excluding hydrogens is 233 g/mol. The summed E-state index contributed by atoms with van der Waals surface area (Å²) in [7, 11) is -1.70. The number of aromatic amines is 1. The van der Waals surface area contributed by atoms with Gasteiger partial charge in [0.2, 0.25) is 0 Å². The van der Waals surface area contributed by atoms with Crippen molar-refractivity contribution in [3.05, 3.63) is 35.2 Å². The summed E-state index contributed by atoms with van der Waals surface area (Å²) in [6.07, 6.45) is 1.23. The SMILES string of the molecule is OB(O)c1cn[nH]c1-c1ccc(Cl)cc1F. The lowest BCUT2D eigenvalue weighted by Gasteiger charge is -2.04. The molecule has 0 unspecified atom stereocenters. The zero-order valence-electron chi connectivity index (χ0n) is 7.98. The highest BCUT2D eigenvalue weighted by atomic mass is 35.5. The fourth-order valence-corrected chi connectivity index (χ4v) is 1.56. The number of rotatable bonds is 2. The molecule has 3 N–H and O–H groups in total. The van der Waals surface area contributed by atoms with Crippen molar-refractivity contribution >= 4 is 24.2 Å². The van der Waals surface area contributed by atoms with E-state index in [1.54, 1.807) is 0 Å². The smallest absolute Gasteiger partial charge is 0.423 e. The van der Waals surface area contributed by atoms with E-state index >= 15 is 0 Å². The second-order valence-corrected chi connectivity index (χ2v) is 3.63. The Balaban J connectivity index is 2.54. The van der Waals surface area contributed by atoms with Gasteiger partial charge in [-0.3, -0.25) is 5.10 Å². The first kappa shape index (κ1) is 11.1. The predicted octanol–water partition coefficient (Wildman–Crippen LogP) is 0.549. The molecule has 0 saturated carbocycles. The molecule has 1 heterocycles. The van der Waals surface area contributed by atoms with Crippen LogP contribution in [-0.4, -0.2) is 27.4 Å². The third-order valence-corrected chi connectivity index (χ3v) is 2.38. The van der Waals surface area contributed by atoms with Crippen molar-refractivity contribution in [1.29, 1.82) is 0 Å². The molecule has 2 aromatic rings. The third-order valence-electron chi connectivity index (χ3n) is 2.15. The number of nitrogens with one attached hydrogen (secondary N) is 1. The molecule has 0 radical (unpaired) electrons. The van der Waals surface area contributed by atoms with Crippen LogP contribution >= 0.6 is 11.6 Å². The lowest BCUT2D eigenvalue weighted by Crippen LogP contribution is -2.30. The quantitative estimate of drug-likeness (QED) is 0.672. The minimum atomic E-state index is -1.70. The van der Waals surface area contributed by atoms with E-state index in [2.05, 4.69) is 10.2 Å². The van der Waals surface area contributed by atoms with Gasteiger partial charge in [-0.15, -0.1) is 0 Å². The second-order valence-electron chi connectivity index (χ2n) is 3.20. The number of aromatic nitrogens is 2. The van der Waals surface area contributed by atoms with Crippen LogP contribution < -0.4 is 5.46 Å².